The van der Waals surface area contributed by atoms with Gasteiger partial charge in [-0.05, 0) is 43.3 Å². The van der Waals surface area contributed by atoms with Crippen molar-refractivity contribution in [2.24, 2.45) is 0 Å². The Morgan fingerprint density at radius 2 is 1.67 bits per heavy atom. The van der Waals surface area contributed by atoms with E-state index in [2.05, 4.69) is 5.10 Å². The second-order valence-electron chi connectivity index (χ2n) is 5.35. The number of phenolic OH excluding ortho intramolecular Hbond substituents is 1. The van der Waals surface area contributed by atoms with E-state index in [-0.39, 0.29) is 10.6 Å². The van der Waals surface area contributed by atoms with E-state index in [4.69, 9.17) is 0 Å². The minimum absolute atomic E-state index is 0.0811. The van der Waals surface area contributed by atoms with Crippen LogP contribution in [-0.2, 0) is 10.0 Å². The van der Waals surface area contributed by atoms with Crippen molar-refractivity contribution >= 4 is 15.7 Å². The van der Waals surface area contributed by atoms with Crippen LogP contribution in [0.1, 0.15) is 5.69 Å². The number of anilines is 1. The van der Waals surface area contributed by atoms with Crippen LogP contribution >= 0.6 is 0 Å². The predicted molar refractivity (Wildman–Crippen MR) is 92.0 cm³/mol. The van der Waals surface area contributed by atoms with Crippen molar-refractivity contribution < 1.29 is 13.5 Å². The molecule has 7 heteroatoms. The highest BCUT2D eigenvalue weighted by molar-refractivity contribution is 7.92. The summed E-state index contributed by atoms with van der Waals surface area (Å²) in [5.41, 5.74) is 1.67. The third kappa shape index (κ3) is 2.85. The van der Waals surface area contributed by atoms with E-state index >= 15 is 0 Å². The van der Waals surface area contributed by atoms with Crippen LogP contribution in [0, 0.1) is 6.92 Å². The molecule has 1 heterocycles. The van der Waals surface area contributed by atoms with E-state index in [1.54, 1.807) is 23.7 Å². The Bertz CT molecular complexity index is 949. The quantitative estimate of drug-likeness (QED) is 0.790. The van der Waals surface area contributed by atoms with Gasteiger partial charge in [0.15, 0.2) is 0 Å². The summed E-state index contributed by atoms with van der Waals surface area (Å²) in [6.45, 7) is 1.66. The lowest BCUT2D eigenvalue weighted by molar-refractivity contribution is 0.475. The monoisotopic (exact) mass is 343 g/mol. The van der Waals surface area contributed by atoms with Gasteiger partial charge >= 0.3 is 0 Å². The zero-order valence-corrected chi connectivity index (χ0v) is 14.1. The van der Waals surface area contributed by atoms with Gasteiger partial charge in [-0.1, -0.05) is 18.2 Å². The standard InChI is InChI=1S/C17H17N3O3S/c1-13-17(12-20(18-13)15-6-4-3-5-7-15)24(22,23)19(2)14-8-10-16(21)11-9-14/h3-12,21H,1-2H3. The van der Waals surface area contributed by atoms with E-state index in [0.717, 1.165) is 5.69 Å². The van der Waals surface area contributed by atoms with Crippen molar-refractivity contribution in [2.45, 2.75) is 11.8 Å². The first-order valence-electron chi connectivity index (χ1n) is 7.29. The molecule has 0 atom stereocenters. The van der Waals surface area contributed by atoms with Crippen LogP contribution < -0.4 is 4.31 Å². The van der Waals surface area contributed by atoms with Crippen LogP contribution in [0.15, 0.2) is 65.7 Å². The fourth-order valence-corrected chi connectivity index (χ4v) is 3.70. The highest BCUT2D eigenvalue weighted by Crippen LogP contribution is 2.26. The number of sulfonamides is 1. The first-order valence-corrected chi connectivity index (χ1v) is 8.73. The molecule has 1 aromatic heterocycles. The summed E-state index contributed by atoms with van der Waals surface area (Å²) in [4.78, 5) is 0.141. The number of benzene rings is 2. The predicted octanol–water partition coefficient (Wildman–Crippen LogP) is 2.71. The van der Waals surface area contributed by atoms with E-state index in [1.807, 2.05) is 30.3 Å². The van der Waals surface area contributed by atoms with Gasteiger partial charge in [0.05, 0.1) is 23.3 Å². The number of para-hydroxylation sites is 1. The smallest absolute Gasteiger partial charge is 0.267 e. The molecule has 1 N–H and O–H groups in total. The van der Waals surface area contributed by atoms with Gasteiger partial charge in [-0.25, -0.2) is 13.1 Å². The van der Waals surface area contributed by atoms with Crippen LogP contribution in [0.4, 0.5) is 5.69 Å². The highest BCUT2D eigenvalue weighted by Gasteiger charge is 2.26. The second-order valence-corrected chi connectivity index (χ2v) is 7.29. The first kappa shape index (κ1) is 16.1. The topological polar surface area (TPSA) is 75.4 Å². The number of aromatic nitrogens is 2. The molecule has 0 unspecified atom stereocenters. The number of phenols is 1. The lowest BCUT2D eigenvalue weighted by Crippen LogP contribution is -2.26. The highest BCUT2D eigenvalue weighted by atomic mass is 32.2. The molecule has 0 aliphatic heterocycles. The Balaban J connectivity index is 2.01. The van der Waals surface area contributed by atoms with Crippen molar-refractivity contribution in [3.05, 3.63) is 66.5 Å². The summed E-state index contributed by atoms with van der Waals surface area (Å²) < 4.78 is 28.5. The van der Waals surface area contributed by atoms with Gasteiger partial charge in [-0.3, -0.25) is 4.31 Å². The third-order valence-electron chi connectivity index (χ3n) is 3.73. The molecular formula is C17H17N3O3S. The fourth-order valence-electron chi connectivity index (χ4n) is 2.36. The normalized spacial score (nSPS) is 11.4. The van der Waals surface area contributed by atoms with E-state index in [9.17, 15) is 13.5 Å². The maximum atomic E-state index is 12.9. The number of hydrogen-bond acceptors (Lipinski definition) is 4. The summed E-state index contributed by atoms with van der Waals surface area (Å²) in [5.74, 6) is 0.0811. The molecular weight excluding hydrogens is 326 g/mol. The average molecular weight is 343 g/mol. The molecule has 124 valence electrons. The Morgan fingerprint density at radius 3 is 2.29 bits per heavy atom. The van der Waals surface area contributed by atoms with Crippen molar-refractivity contribution in [3.63, 3.8) is 0 Å². The van der Waals surface area contributed by atoms with Crippen molar-refractivity contribution in [1.82, 2.24) is 9.78 Å². The summed E-state index contributed by atoms with van der Waals surface area (Å²) in [6, 6.07) is 15.3. The summed E-state index contributed by atoms with van der Waals surface area (Å²) in [7, 11) is -2.28. The van der Waals surface area contributed by atoms with E-state index < -0.39 is 10.0 Å². The molecule has 0 amide bonds. The van der Waals surface area contributed by atoms with Gasteiger partial charge in [0, 0.05) is 7.05 Å². The van der Waals surface area contributed by atoms with Crippen LogP contribution in [0.3, 0.4) is 0 Å². The van der Waals surface area contributed by atoms with E-state index in [0.29, 0.717) is 11.4 Å². The lowest BCUT2D eigenvalue weighted by atomic mass is 10.3. The molecule has 24 heavy (non-hydrogen) atoms. The molecule has 3 aromatic rings. The maximum Gasteiger partial charge on any atom is 0.267 e. The van der Waals surface area contributed by atoms with Crippen LogP contribution in [0.25, 0.3) is 5.69 Å². The van der Waals surface area contributed by atoms with Gasteiger partial charge < -0.3 is 5.11 Å². The largest absolute Gasteiger partial charge is 0.508 e. The molecule has 6 nitrogen and oxygen atoms in total. The molecule has 3 rings (SSSR count). The third-order valence-corrected chi connectivity index (χ3v) is 5.61. The van der Waals surface area contributed by atoms with Crippen LogP contribution in [-0.4, -0.2) is 30.4 Å². The Hall–Kier alpha value is -2.80. The molecule has 2 aromatic carbocycles. The molecule has 0 fully saturated rings. The zero-order valence-electron chi connectivity index (χ0n) is 13.3. The zero-order chi connectivity index (χ0) is 17.3. The molecule has 0 spiro atoms. The van der Waals surface area contributed by atoms with Gasteiger partial charge in [-0.2, -0.15) is 5.10 Å². The first-order chi connectivity index (χ1) is 11.4. The Morgan fingerprint density at radius 1 is 1.04 bits per heavy atom. The van der Waals surface area contributed by atoms with Gasteiger partial charge in [-0.15, -0.1) is 0 Å². The summed E-state index contributed by atoms with van der Waals surface area (Å²) >= 11 is 0. The molecule has 0 aliphatic rings. The Kier molecular flexibility index (Phi) is 4.02. The summed E-state index contributed by atoms with van der Waals surface area (Å²) in [5, 5.41) is 13.7. The fraction of sp³-hybridized carbons (Fsp3) is 0.118. The minimum Gasteiger partial charge on any atom is -0.508 e. The van der Waals surface area contributed by atoms with Crippen LogP contribution in [0.2, 0.25) is 0 Å². The van der Waals surface area contributed by atoms with Gasteiger partial charge in [0.1, 0.15) is 10.6 Å². The van der Waals surface area contributed by atoms with Crippen molar-refractivity contribution in [1.29, 1.82) is 0 Å². The number of nitrogens with zero attached hydrogens (tertiary/aromatic N) is 3. The molecule has 0 bridgehead atoms. The van der Waals surface area contributed by atoms with Gasteiger partial charge in [0.2, 0.25) is 0 Å². The molecule has 0 saturated carbocycles. The Labute approximate surface area is 140 Å². The maximum absolute atomic E-state index is 12.9. The van der Waals surface area contributed by atoms with Crippen molar-refractivity contribution in [3.8, 4) is 11.4 Å². The number of aryl methyl sites for hydroxylation is 1. The average Bonchev–Trinajstić information content (AvgIpc) is 2.98. The minimum atomic E-state index is -3.75. The van der Waals surface area contributed by atoms with Crippen molar-refractivity contribution in [2.75, 3.05) is 11.4 Å². The van der Waals surface area contributed by atoms with Crippen LogP contribution in [0.5, 0.6) is 5.75 Å². The summed E-state index contributed by atoms with van der Waals surface area (Å²) in [6.07, 6.45) is 1.51. The molecule has 0 radical (unpaired) electrons. The SMILES string of the molecule is Cc1nn(-c2ccccc2)cc1S(=O)(=O)N(C)c1ccc(O)cc1. The molecule has 0 saturated heterocycles. The lowest BCUT2D eigenvalue weighted by Gasteiger charge is -2.18. The second kappa shape index (κ2) is 6.01. The number of rotatable bonds is 4. The molecule has 0 aliphatic carbocycles. The van der Waals surface area contributed by atoms with E-state index in [1.165, 1.54) is 29.7 Å². The number of hydrogen-bond donors (Lipinski definition) is 1. The van der Waals surface area contributed by atoms with Gasteiger partial charge in [0.25, 0.3) is 10.0 Å². The number of aromatic hydroxyl groups is 1.